The fraction of sp³-hybridized carbons (Fsp3) is 0.263. The number of fused-ring (bicyclic) bond motifs is 1. The van der Waals surface area contributed by atoms with Crippen molar-refractivity contribution >= 4 is 22.7 Å². The van der Waals surface area contributed by atoms with Crippen LogP contribution >= 0.6 is 0 Å². The van der Waals surface area contributed by atoms with Crippen molar-refractivity contribution in [1.29, 1.82) is 0 Å². The van der Waals surface area contributed by atoms with Crippen molar-refractivity contribution in [3.8, 4) is 5.75 Å². The molecule has 1 amide bonds. The van der Waals surface area contributed by atoms with Crippen LogP contribution in [-0.2, 0) is 11.3 Å². The van der Waals surface area contributed by atoms with Gasteiger partial charge >= 0.3 is 5.76 Å². The Morgan fingerprint density at radius 2 is 1.92 bits per heavy atom. The van der Waals surface area contributed by atoms with E-state index >= 15 is 0 Å². The maximum atomic E-state index is 12.2. The van der Waals surface area contributed by atoms with E-state index in [1.165, 1.54) is 0 Å². The smallest absolute Gasteiger partial charge is 0.419 e. The Balaban J connectivity index is 1.60. The lowest BCUT2D eigenvalue weighted by molar-refractivity contribution is -0.116. The highest BCUT2D eigenvalue weighted by Gasteiger charge is 2.10. The van der Waals surface area contributed by atoms with Gasteiger partial charge in [-0.3, -0.25) is 9.36 Å². The number of aryl methyl sites for hydroxylation is 1. The number of para-hydroxylation sites is 4. The fourth-order valence-corrected chi connectivity index (χ4v) is 2.69. The van der Waals surface area contributed by atoms with Gasteiger partial charge in [0.05, 0.1) is 17.8 Å². The highest BCUT2D eigenvalue weighted by molar-refractivity contribution is 5.92. The van der Waals surface area contributed by atoms with Gasteiger partial charge in [-0.25, -0.2) is 4.79 Å². The van der Waals surface area contributed by atoms with Gasteiger partial charge in [0.25, 0.3) is 0 Å². The monoisotopic (exact) mass is 340 g/mol. The van der Waals surface area contributed by atoms with E-state index in [0.717, 1.165) is 5.52 Å². The third-order valence-corrected chi connectivity index (χ3v) is 3.82. The van der Waals surface area contributed by atoms with E-state index in [9.17, 15) is 9.59 Å². The number of nitrogens with one attached hydrogen (secondary N) is 1. The zero-order valence-corrected chi connectivity index (χ0v) is 14.0. The van der Waals surface area contributed by atoms with Gasteiger partial charge in [0, 0.05) is 13.0 Å². The quantitative estimate of drug-likeness (QED) is 0.715. The van der Waals surface area contributed by atoms with Gasteiger partial charge in [0.15, 0.2) is 5.58 Å². The fourth-order valence-electron chi connectivity index (χ4n) is 2.69. The van der Waals surface area contributed by atoms with Crippen LogP contribution in [0.5, 0.6) is 5.75 Å². The van der Waals surface area contributed by atoms with Crippen LogP contribution in [0.4, 0.5) is 5.69 Å². The first-order valence-corrected chi connectivity index (χ1v) is 8.29. The minimum Gasteiger partial charge on any atom is -0.492 e. The van der Waals surface area contributed by atoms with Crippen molar-refractivity contribution in [3.63, 3.8) is 0 Å². The molecule has 0 saturated carbocycles. The Labute approximate surface area is 145 Å². The first-order chi connectivity index (χ1) is 12.2. The van der Waals surface area contributed by atoms with Crippen molar-refractivity contribution in [2.75, 3.05) is 11.9 Å². The average molecular weight is 340 g/mol. The second-order valence-corrected chi connectivity index (χ2v) is 5.57. The number of nitrogens with zero attached hydrogens (tertiary/aromatic N) is 1. The molecule has 0 bridgehead atoms. The van der Waals surface area contributed by atoms with Crippen LogP contribution in [0.3, 0.4) is 0 Å². The third-order valence-electron chi connectivity index (χ3n) is 3.82. The van der Waals surface area contributed by atoms with E-state index in [0.29, 0.717) is 43.0 Å². The molecule has 1 N–H and O–H groups in total. The van der Waals surface area contributed by atoms with E-state index in [1.54, 1.807) is 16.7 Å². The van der Waals surface area contributed by atoms with E-state index in [2.05, 4.69) is 5.32 Å². The number of carbonyl (C=O) groups excluding carboxylic acids is 1. The number of rotatable bonds is 7. The highest BCUT2D eigenvalue weighted by Crippen LogP contribution is 2.23. The Morgan fingerprint density at radius 1 is 1.16 bits per heavy atom. The normalized spacial score (nSPS) is 10.8. The molecule has 130 valence electrons. The van der Waals surface area contributed by atoms with Crippen LogP contribution < -0.4 is 15.8 Å². The predicted octanol–water partition coefficient (Wildman–Crippen LogP) is 3.41. The number of anilines is 1. The number of amides is 1. The SMILES string of the molecule is CCOc1ccccc1NC(=O)CCCn1c(=O)oc2ccccc21. The molecule has 0 unspecified atom stereocenters. The van der Waals surface area contributed by atoms with Crippen LogP contribution in [0.25, 0.3) is 11.1 Å². The Morgan fingerprint density at radius 3 is 2.76 bits per heavy atom. The van der Waals surface area contributed by atoms with Gasteiger partial charge in [-0.1, -0.05) is 24.3 Å². The number of carbonyl (C=O) groups is 1. The summed E-state index contributed by atoms with van der Waals surface area (Å²) in [5.41, 5.74) is 1.96. The van der Waals surface area contributed by atoms with Crippen LogP contribution in [-0.4, -0.2) is 17.1 Å². The molecule has 3 rings (SSSR count). The molecule has 0 atom stereocenters. The summed E-state index contributed by atoms with van der Waals surface area (Å²) in [4.78, 5) is 24.1. The van der Waals surface area contributed by atoms with Gasteiger partial charge in [0.1, 0.15) is 5.75 Å². The molecule has 0 saturated heterocycles. The van der Waals surface area contributed by atoms with Crippen molar-refractivity contribution in [2.24, 2.45) is 0 Å². The number of oxazole rings is 1. The highest BCUT2D eigenvalue weighted by atomic mass is 16.5. The first kappa shape index (κ1) is 16.8. The van der Waals surface area contributed by atoms with Crippen LogP contribution in [0, 0.1) is 0 Å². The van der Waals surface area contributed by atoms with Gasteiger partial charge in [-0.2, -0.15) is 0 Å². The van der Waals surface area contributed by atoms with Gasteiger partial charge in [-0.05, 0) is 37.6 Å². The molecule has 0 aliphatic heterocycles. The number of aromatic nitrogens is 1. The number of hydrogen-bond donors (Lipinski definition) is 1. The van der Waals surface area contributed by atoms with E-state index in [1.807, 2.05) is 43.3 Å². The summed E-state index contributed by atoms with van der Waals surface area (Å²) in [6.07, 6.45) is 0.832. The van der Waals surface area contributed by atoms with Crippen LogP contribution in [0.15, 0.2) is 57.7 Å². The molecule has 0 spiro atoms. The number of ether oxygens (including phenoxy) is 1. The molecule has 1 aromatic heterocycles. The summed E-state index contributed by atoms with van der Waals surface area (Å²) in [5, 5.41) is 2.85. The molecule has 0 radical (unpaired) electrons. The zero-order chi connectivity index (χ0) is 17.6. The molecule has 1 heterocycles. The van der Waals surface area contributed by atoms with E-state index in [-0.39, 0.29) is 5.91 Å². The van der Waals surface area contributed by atoms with Crippen molar-refractivity contribution in [2.45, 2.75) is 26.3 Å². The van der Waals surface area contributed by atoms with Crippen molar-refractivity contribution < 1.29 is 13.9 Å². The summed E-state index contributed by atoms with van der Waals surface area (Å²) in [6.45, 7) is 2.85. The number of hydrogen-bond acceptors (Lipinski definition) is 4. The van der Waals surface area contributed by atoms with Gasteiger partial charge in [0.2, 0.25) is 5.91 Å². The topological polar surface area (TPSA) is 73.5 Å². The van der Waals surface area contributed by atoms with E-state index in [4.69, 9.17) is 9.15 Å². The predicted molar refractivity (Wildman–Crippen MR) is 95.9 cm³/mol. The summed E-state index contributed by atoms with van der Waals surface area (Å²) >= 11 is 0. The molecule has 6 nitrogen and oxygen atoms in total. The van der Waals surface area contributed by atoms with E-state index < -0.39 is 5.76 Å². The second kappa shape index (κ2) is 7.70. The standard InChI is InChI=1S/C19H20N2O4/c1-2-24-16-10-5-3-8-14(16)20-18(22)12-7-13-21-15-9-4-6-11-17(15)25-19(21)23/h3-6,8-11H,2,7,12-13H2,1H3,(H,20,22). The van der Waals surface area contributed by atoms with Crippen molar-refractivity contribution in [3.05, 3.63) is 59.1 Å². The molecule has 0 fully saturated rings. The minimum absolute atomic E-state index is 0.118. The lowest BCUT2D eigenvalue weighted by Crippen LogP contribution is -2.17. The average Bonchev–Trinajstić information content (AvgIpc) is 2.93. The molecule has 0 aliphatic carbocycles. The largest absolute Gasteiger partial charge is 0.492 e. The maximum Gasteiger partial charge on any atom is 0.419 e. The summed E-state index contributed by atoms with van der Waals surface area (Å²) in [7, 11) is 0. The zero-order valence-electron chi connectivity index (χ0n) is 14.0. The van der Waals surface area contributed by atoms with Crippen LogP contribution in [0.1, 0.15) is 19.8 Å². The minimum atomic E-state index is -0.400. The molecular weight excluding hydrogens is 320 g/mol. The molecular formula is C19H20N2O4. The Hall–Kier alpha value is -3.02. The second-order valence-electron chi connectivity index (χ2n) is 5.57. The van der Waals surface area contributed by atoms with Gasteiger partial charge < -0.3 is 14.5 Å². The summed E-state index contributed by atoms with van der Waals surface area (Å²) < 4.78 is 12.2. The van der Waals surface area contributed by atoms with Crippen LogP contribution in [0.2, 0.25) is 0 Å². The lowest BCUT2D eigenvalue weighted by atomic mass is 10.2. The molecule has 6 heteroatoms. The summed E-state index contributed by atoms with van der Waals surface area (Å²) in [5.74, 6) is 0.131. The lowest BCUT2D eigenvalue weighted by Gasteiger charge is -2.11. The Kier molecular flexibility index (Phi) is 5.18. The molecule has 2 aromatic carbocycles. The molecule has 0 aliphatic rings. The third kappa shape index (κ3) is 3.91. The molecule has 25 heavy (non-hydrogen) atoms. The van der Waals surface area contributed by atoms with Gasteiger partial charge in [-0.15, -0.1) is 0 Å². The first-order valence-electron chi connectivity index (χ1n) is 8.29. The molecule has 3 aromatic rings. The number of benzene rings is 2. The maximum absolute atomic E-state index is 12.2. The summed E-state index contributed by atoms with van der Waals surface area (Å²) in [6, 6.07) is 14.6. The van der Waals surface area contributed by atoms with Crippen molar-refractivity contribution in [1.82, 2.24) is 4.57 Å². The Bertz CT molecular complexity index is 926.